The van der Waals surface area contributed by atoms with Gasteiger partial charge in [0.1, 0.15) is 11.6 Å². The van der Waals surface area contributed by atoms with Crippen molar-refractivity contribution in [2.45, 2.75) is 96.1 Å². The summed E-state index contributed by atoms with van der Waals surface area (Å²) >= 11 is 0. The minimum atomic E-state index is -1.19. The van der Waals surface area contributed by atoms with E-state index in [1.807, 2.05) is 20.8 Å². The van der Waals surface area contributed by atoms with Crippen molar-refractivity contribution in [3.63, 3.8) is 0 Å². The molecule has 3 unspecified atom stereocenters. The Morgan fingerprint density at radius 1 is 1.33 bits per heavy atom. The van der Waals surface area contributed by atoms with Crippen LogP contribution < -0.4 is 0 Å². The Morgan fingerprint density at radius 2 is 2.00 bits per heavy atom. The molecule has 3 fully saturated rings. The van der Waals surface area contributed by atoms with Crippen molar-refractivity contribution in [1.82, 2.24) is 9.80 Å². The van der Waals surface area contributed by atoms with Gasteiger partial charge in [0.2, 0.25) is 11.8 Å². The summed E-state index contributed by atoms with van der Waals surface area (Å²) in [7, 11) is 0. The Morgan fingerprint density at radius 3 is 2.52 bits per heavy atom. The SMILES string of the molecule is C=CCN(C(=O)C1N([C@@H](CO)CC(C)C)C(=O)[C@@H]2[C@@H](C(=O)O)[C@@]3(C)CCC12O3)C(C)CCC. The molecule has 8 heteroatoms. The van der Waals surface area contributed by atoms with Crippen LogP contribution in [0.3, 0.4) is 0 Å². The van der Waals surface area contributed by atoms with Crippen LogP contribution in [0.1, 0.15) is 66.7 Å². The van der Waals surface area contributed by atoms with Crippen LogP contribution in [-0.2, 0) is 19.1 Å². The van der Waals surface area contributed by atoms with Crippen LogP contribution in [0, 0.1) is 17.8 Å². The van der Waals surface area contributed by atoms with Gasteiger partial charge in [0.05, 0.1) is 30.1 Å². The lowest BCUT2D eigenvalue weighted by atomic mass is 9.66. The summed E-state index contributed by atoms with van der Waals surface area (Å²) in [4.78, 5) is 43.6. The van der Waals surface area contributed by atoms with Gasteiger partial charge in [-0.15, -0.1) is 6.58 Å². The first kappa shape index (κ1) is 25.7. The van der Waals surface area contributed by atoms with Crippen molar-refractivity contribution >= 4 is 17.8 Å². The van der Waals surface area contributed by atoms with Crippen molar-refractivity contribution in [3.05, 3.63) is 12.7 Å². The van der Waals surface area contributed by atoms with Crippen molar-refractivity contribution < 1.29 is 29.3 Å². The van der Waals surface area contributed by atoms with E-state index < -0.39 is 41.1 Å². The molecule has 3 heterocycles. The molecule has 33 heavy (non-hydrogen) atoms. The van der Waals surface area contributed by atoms with E-state index in [1.165, 1.54) is 4.90 Å². The number of nitrogens with zero attached hydrogens (tertiary/aromatic N) is 2. The fourth-order valence-electron chi connectivity index (χ4n) is 6.59. The number of hydrogen-bond donors (Lipinski definition) is 2. The molecule has 8 nitrogen and oxygen atoms in total. The molecule has 0 radical (unpaired) electrons. The second kappa shape index (κ2) is 9.37. The van der Waals surface area contributed by atoms with Gasteiger partial charge in [0.25, 0.3) is 0 Å². The number of likely N-dealkylation sites (tertiary alicyclic amines) is 1. The highest BCUT2D eigenvalue weighted by Crippen LogP contribution is 2.63. The summed E-state index contributed by atoms with van der Waals surface area (Å²) in [5.41, 5.74) is -2.18. The van der Waals surface area contributed by atoms with Crippen LogP contribution in [0.5, 0.6) is 0 Å². The summed E-state index contributed by atoms with van der Waals surface area (Å²) in [6.07, 6.45) is 4.79. The van der Waals surface area contributed by atoms with Crippen molar-refractivity contribution in [2.75, 3.05) is 13.2 Å². The lowest BCUT2D eigenvalue weighted by molar-refractivity contribution is -0.159. The lowest BCUT2D eigenvalue weighted by Crippen LogP contribution is -2.60. The van der Waals surface area contributed by atoms with E-state index in [-0.39, 0.29) is 30.4 Å². The first-order valence-electron chi connectivity index (χ1n) is 12.3. The normalized spacial score (nSPS) is 34.5. The number of fused-ring (bicyclic) bond motifs is 1. The van der Waals surface area contributed by atoms with Crippen LogP contribution in [0.4, 0.5) is 0 Å². The van der Waals surface area contributed by atoms with Gasteiger partial charge in [-0.05, 0) is 45.4 Å². The maximum Gasteiger partial charge on any atom is 0.310 e. The summed E-state index contributed by atoms with van der Waals surface area (Å²) in [6.45, 7) is 13.6. The van der Waals surface area contributed by atoms with E-state index in [4.69, 9.17) is 4.74 Å². The number of aliphatic hydroxyl groups excluding tert-OH is 1. The third-order valence-electron chi connectivity index (χ3n) is 7.91. The topological polar surface area (TPSA) is 107 Å². The first-order chi connectivity index (χ1) is 15.5. The molecule has 0 aromatic rings. The van der Waals surface area contributed by atoms with Crippen LogP contribution in [0.25, 0.3) is 0 Å². The van der Waals surface area contributed by atoms with E-state index in [9.17, 15) is 24.6 Å². The highest BCUT2D eigenvalue weighted by atomic mass is 16.5. The molecule has 2 amide bonds. The van der Waals surface area contributed by atoms with Crippen molar-refractivity contribution in [3.8, 4) is 0 Å². The quantitative estimate of drug-likeness (QED) is 0.455. The van der Waals surface area contributed by atoms with Crippen LogP contribution in [0.2, 0.25) is 0 Å². The Labute approximate surface area is 196 Å². The van der Waals surface area contributed by atoms with E-state index in [0.29, 0.717) is 25.8 Å². The molecule has 0 aliphatic carbocycles. The molecule has 3 aliphatic rings. The van der Waals surface area contributed by atoms with Gasteiger partial charge in [0.15, 0.2) is 0 Å². The predicted octanol–water partition coefficient (Wildman–Crippen LogP) is 2.45. The highest BCUT2D eigenvalue weighted by molar-refractivity contribution is 5.98. The third kappa shape index (κ3) is 3.99. The summed E-state index contributed by atoms with van der Waals surface area (Å²) < 4.78 is 6.45. The largest absolute Gasteiger partial charge is 0.481 e. The number of hydrogen-bond acceptors (Lipinski definition) is 5. The Hall–Kier alpha value is -1.93. The summed E-state index contributed by atoms with van der Waals surface area (Å²) in [6, 6.07) is -1.62. The van der Waals surface area contributed by atoms with Gasteiger partial charge >= 0.3 is 5.97 Å². The fourth-order valence-corrected chi connectivity index (χ4v) is 6.59. The number of carboxylic acids is 1. The van der Waals surface area contributed by atoms with E-state index in [2.05, 4.69) is 13.5 Å². The monoisotopic (exact) mass is 464 g/mol. The Bertz CT molecular complexity index is 800. The van der Waals surface area contributed by atoms with Crippen LogP contribution >= 0.6 is 0 Å². The minimum Gasteiger partial charge on any atom is -0.481 e. The fraction of sp³-hybridized carbons (Fsp3) is 0.800. The van der Waals surface area contributed by atoms with Gasteiger partial charge < -0.3 is 24.7 Å². The maximum absolute atomic E-state index is 14.2. The highest BCUT2D eigenvalue weighted by Gasteiger charge is 2.78. The smallest absolute Gasteiger partial charge is 0.310 e. The summed E-state index contributed by atoms with van der Waals surface area (Å²) in [5, 5.41) is 20.3. The van der Waals surface area contributed by atoms with Crippen molar-refractivity contribution in [1.29, 1.82) is 0 Å². The zero-order valence-electron chi connectivity index (χ0n) is 20.6. The number of carbonyl (C=O) groups is 3. The number of amides is 2. The Kier molecular flexibility index (Phi) is 7.30. The standard InChI is InChI=1S/C25H40N2O6/c1-7-9-16(5)26(12-8-2)22(30)20-25-11-10-24(6,33-25)19(23(31)32)18(25)21(29)27(20)17(14-28)13-15(3)4/h8,15-20,28H,2,7,9-14H2,1,3-6H3,(H,31,32)/t16?,17-,18+,19+,20?,24-,25?/m1/s1. The second-order valence-corrected chi connectivity index (χ2v) is 10.7. The number of aliphatic carboxylic acids is 1. The molecule has 2 bridgehead atoms. The molecule has 0 aromatic heterocycles. The number of carboxylic acid groups (broad SMARTS) is 1. The zero-order chi connectivity index (χ0) is 24.7. The molecule has 0 aromatic carbocycles. The minimum absolute atomic E-state index is 0.0740. The zero-order valence-corrected chi connectivity index (χ0v) is 20.6. The van der Waals surface area contributed by atoms with Gasteiger partial charge in [-0.25, -0.2) is 0 Å². The van der Waals surface area contributed by atoms with E-state index in [1.54, 1.807) is 17.9 Å². The summed E-state index contributed by atoms with van der Waals surface area (Å²) in [5.74, 6) is -3.47. The van der Waals surface area contributed by atoms with Gasteiger partial charge in [-0.2, -0.15) is 0 Å². The van der Waals surface area contributed by atoms with Gasteiger partial charge in [-0.1, -0.05) is 33.3 Å². The van der Waals surface area contributed by atoms with Gasteiger partial charge in [-0.3, -0.25) is 14.4 Å². The Balaban J connectivity index is 2.13. The molecule has 3 aliphatic heterocycles. The second-order valence-electron chi connectivity index (χ2n) is 10.7. The van der Waals surface area contributed by atoms with Crippen molar-refractivity contribution in [2.24, 2.45) is 17.8 Å². The van der Waals surface area contributed by atoms with Crippen LogP contribution in [0.15, 0.2) is 12.7 Å². The number of ether oxygens (including phenoxy) is 1. The van der Waals surface area contributed by atoms with E-state index in [0.717, 1.165) is 12.8 Å². The molecule has 7 atom stereocenters. The molecule has 2 N–H and O–H groups in total. The molecule has 3 rings (SSSR count). The average Bonchev–Trinajstić information content (AvgIpc) is 3.30. The average molecular weight is 465 g/mol. The molecular formula is C25H40N2O6. The molecule has 0 saturated carbocycles. The first-order valence-corrected chi connectivity index (χ1v) is 12.3. The number of rotatable bonds is 11. The molecule has 1 spiro atoms. The maximum atomic E-state index is 14.2. The van der Waals surface area contributed by atoms with Crippen LogP contribution in [-0.4, -0.2) is 80.3 Å². The number of aliphatic hydroxyl groups is 1. The third-order valence-corrected chi connectivity index (χ3v) is 7.91. The predicted molar refractivity (Wildman–Crippen MR) is 123 cm³/mol. The molecule has 186 valence electrons. The van der Waals surface area contributed by atoms with Gasteiger partial charge in [0, 0.05) is 12.6 Å². The molecule has 3 saturated heterocycles. The number of carbonyl (C=O) groups excluding carboxylic acids is 2. The van der Waals surface area contributed by atoms with E-state index >= 15 is 0 Å². The lowest BCUT2D eigenvalue weighted by Gasteiger charge is -2.41. The molecular weight excluding hydrogens is 424 g/mol.